The molecule has 5 rings (SSSR count). The Morgan fingerprint density at radius 1 is 1.00 bits per heavy atom. The summed E-state index contributed by atoms with van der Waals surface area (Å²) in [6, 6.07) is 17.9. The summed E-state index contributed by atoms with van der Waals surface area (Å²) in [5.74, 6) is -4.20. The highest BCUT2D eigenvalue weighted by molar-refractivity contribution is 5.98. The summed E-state index contributed by atoms with van der Waals surface area (Å²) in [5, 5.41) is 16.6. The Balaban J connectivity index is 0.000000952. The van der Waals surface area contributed by atoms with Crippen LogP contribution in [-0.2, 0) is 24.3 Å². The second-order valence-corrected chi connectivity index (χ2v) is 10.6. The molecule has 7 nitrogen and oxygen atoms in total. The minimum Gasteiger partial charge on any atom is -0.450 e. The first kappa shape index (κ1) is 30.5. The van der Waals surface area contributed by atoms with Crippen molar-refractivity contribution >= 4 is 23.7 Å². The number of carboxylic acid groups (broad SMARTS) is 2. The standard InChI is InChI=1S/C30H28F4N2O2.CH2O3/c1-18(30(32,33)34)27(28(37)35-23-5-2-4-21(15-23)14-19-8-9-19)22-12-10-20(11-13-22)16-36-17-25-24(29(36)38)6-3-7-26(25)31;2-1(3)4/h2-7,10-13,15,18-19,27H,8-9,14,16-17H2,1H3,(H,35,37);(H2,2,3,4)/t18-,27+;/m0./s1. The highest BCUT2D eigenvalue weighted by Gasteiger charge is 2.45. The second-order valence-electron chi connectivity index (χ2n) is 10.6. The highest BCUT2D eigenvalue weighted by Crippen LogP contribution is 2.39. The van der Waals surface area contributed by atoms with Crippen molar-refractivity contribution in [2.24, 2.45) is 11.8 Å². The lowest BCUT2D eigenvalue weighted by atomic mass is 9.85. The van der Waals surface area contributed by atoms with Crippen LogP contribution < -0.4 is 5.32 Å². The molecule has 2 atom stereocenters. The Morgan fingerprint density at radius 3 is 2.24 bits per heavy atom. The molecule has 0 unspecified atom stereocenters. The fourth-order valence-corrected chi connectivity index (χ4v) is 5.04. The fraction of sp³-hybridized carbons (Fsp3) is 0.323. The SMILES string of the molecule is C[C@@H]([C@@H](C(=O)Nc1cccc(CC2CC2)c1)c1ccc(CN2Cc3c(F)cccc3C2=O)cc1)C(F)(F)F.O=C(O)O. The Morgan fingerprint density at radius 2 is 1.64 bits per heavy atom. The Labute approximate surface area is 239 Å². The molecule has 1 saturated carbocycles. The van der Waals surface area contributed by atoms with Gasteiger partial charge in [0.2, 0.25) is 5.91 Å². The number of fused-ring (bicyclic) bond motifs is 1. The number of anilines is 1. The summed E-state index contributed by atoms with van der Waals surface area (Å²) >= 11 is 0. The third kappa shape index (κ3) is 7.65. The van der Waals surface area contributed by atoms with Crippen LogP contribution in [0.2, 0.25) is 0 Å². The summed E-state index contributed by atoms with van der Waals surface area (Å²) in [6.45, 7) is 1.31. The van der Waals surface area contributed by atoms with Gasteiger partial charge in [0.05, 0.1) is 18.4 Å². The first-order valence-electron chi connectivity index (χ1n) is 13.4. The maximum atomic E-state index is 14.1. The summed E-state index contributed by atoms with van der Waals surface area (Å²) in [5.41, 5.74) is 3.08. The zero-order chi connectivity index (χ0) is 30.6. The minimum atomic E-state index is -4.58. The van der Waals surface area contributed by atoms with Crippen molar-refractivity contribution in [2.75, 3.05) is 5.32 Å². The molecular formula is C31H30F4N2O5. The van der Waals surface area contributed by atoms with E-state index in [1.165, 1.54) is 42.0 Å². The van der Waals surface area contributed by atoms with Gasteiger partial charge in [0, 0.05) is 23.4 Å². The van der Waals surface area contributed by atoms with Gasteiger partial charge in [-0.25, -0.2) is 9.18 Å². The molecule has 0 saturated heterocycles. The summed E-state index contributed by atoms with van der Waals surface area (Å²) in [7, 11) is 0. The van der Waals surface area contributed by atoms with Crippen molar-refractivity contribution in [1.82, 2.24) is 4.90 Å². The third-order valence-electron chi connectivity index (χ3n) is 7.41. The van der Waals surface area contributed by atoms with Crippen molar-refractivity contribution in [2.45, 2.75) is 51.4 Å². The predicted octanol–water partition coefficient (Wildman–Crippen LogP) is 7.08. The van der Waals surface area contributed by atoms with Gasteiger partial charge < -0.3 is 20.4 Å². The maximum Gasteiger partial charge on any atom is 0.503 e. The van der Waals surface area contributed by atoms with Crippen LogP contribution >= 0.6 is 0 Å². The lowest BCUT2D eigenvalue weighted by Crippen LogP contribution is -2.34. The topological polar surface area (TPSA) is 107 Å². The molecule has 3 aromatic carbocycles. The molecule has 0 bridgehead atoms. The Bertz CT molecular complexity index is 1450. The number of hydrogen-bond acceptors (Lipinski definition) is 3. The van der Waals surface area contributed by atoms with Crippen LogP contribution in [0.4, 0.5) is 28.0 Å². The Hall–Kier alpha value is -4.41. The van der Waals surface area contributed by atoms with Gasteiger partial charge in [-0.05, 0) is 66.1 Å². The van der Waals surface area contributed by atoms with Crippen LogP contribution in [0, 0.1) is 17.7 Å². The van der Waals surface area contributed by atoms with Crippen molar-refractivity contribution < 1.29 is 42.2 Å². The lowest BCUT2D eigenvalue weighted by molar-refractivity contribution is -0.178. The number of benzene rings is 3. The molecule has 11 heteroatoms. The largest absolute Gasteiger partial charge is 0.503 e. The maximum absolute atomic E-state index is 14.1. The van der Waals surface area contributed by atoms with Gasteiger partial charge in [0.1, 0.15) is 5.82 Å². The summed E-state index contributed by atoms with van der Waals surface area (Å²) in [6.07, 6.45) is -3.17. The van der Waals surface area contributed by atoms with Gasteiger partial charge in [-0.3, -0.25) is 9.59 Å². The normalized spacial score (nSPS) is 15.7. The van der Waals surface area contributed by atoms with E-state index in [9.17, 15) is 27.2 Å². The molecule has 3 N–H and O–H groups in total. The molecule has 1 aliphatic heterocycles. The minimum absolute atomic E-state index is 0.124. The first-order chi connectivity index (χ1) is 19.8. The van der Waals surface area contributed by atoms with Crippen molar-refractivity contribution in [3.05, 3.63) is 100 Å². The van der Waals surface area contributed by atoms with Crippen molar-refractivity contribution in [1.29, 1.82) is 0 Å². The second kappa shape index (κ2) is 12.6. The van der Waals surface area contributed by atoms with Crippen LogP contribution in [-0.4, -0.2) is 39.3 Å². The number of nitrogens with one attached hydrogen (secondary N) is 1. The number of carbonyl (C=O) groups is 3. The van der Waals surface area contributed by atoms with Crippen LogP contribution in [0.25, 0.3) is 0 Å². The van der Waals surface area contributed by atoms with E-state index >= 15 is 0 Å². The molecule has 1 aliphatic carbocycles. The molecule has 222 valence electrons. The summed E-state index contributed by atoms with van der Waals surface area (Å²) < 4.78 is 55.5. The molecular weight excluding hydrogens is 556 g/mol. The molecule has 0 spiro atoms. The molecule has 42 heavy (non-hydrogen) atoms. The average molecular weight is 587 g/mol. The van der Waals surface area contributed by atoms with E-state index in [1.807, 2.05) is 12.1 Å². The van der Waals surface area contributed by atoms with Gasteiger partial charge in [0.25, 0.3) is 5.91 Å². The Kier molecular flexibility index (Phi) is 9.18. The first-order valence-corrected chi connectivity index (χ1v) is 13.4. The van der Waals surface area contributed by atoms with Crippen molar-refractivity contribution in [3.63, 3.8) is 0 Å². The van der Waals surface area contributed by atoms with Gasteiger partial charge in [-0.2, -0.15) is 13.2 Å². The summed E-state index contributed by atoms with van der Waals surface area (Å²) in [4.78, 5) is 35.9. The fourth-order valence-electron chi connectivity index (χ4n) is 5.04. The smallest absolute Gasteiger partial charge is 0.450 e. The van der Waals surface area contributed by atoms with Gasteiger partial charge >= 0.3 is 12.3 Å². The molecule has 2 amide bonds. The third-order valence-corrected chi connectivity index (χ3v) is 7.41. The lowest BCUT2D eigenvalue weighted by Gasteiger charge is -2.26. The number of amides is 2. The van der Waals surface area contributed by atoms with E-state index in [0.717, 1.165) is 18.9 Å². The van der Waals surface area contributed by atoms with Crippen LogP contribution in [0.5, 0.6) is 0 Å². The molecule has 0 aromatic heterocycles. The monoisotopic (exact) mass is 586 g/mol. The molecule has 1 fully saturated rings. The van der Waals surface area contributed by atoms with Crippen LogP contribution in [0.1, 0.15) is 58.3 Å². The molecule has 1 heterocycles. The van der Waals surface area contributed by atoms with Crippen molar-refractivity contribution in [3.8, 4) is 0 Å². The number of alkyl halides is 3. The quantitative estimate of drug-likeness (QED) is 0.245. The highest BCUT2D eigenvalue weighted by atomic mass is 19.4. The van der Waals surface area contributed by atoms with Gasteiger partial charge in [0.15, 0.2) is 0 Å². The van der Waals surface area contributed by atoms with Gasteiger partial charge in [-0.15, -0.1) is 0 Å². The number of halogens is 4. The molecule has 0 radical (unpaired) electrons. The number of nitrogens with zero attached hydrogens (tertiary/aromatic N) is 1. The van der Waals surface area contributed by atoms with Crippen LogP contribution in [0.15, 0.2) is 66.7 Å². The number of hydrogen-bond donors (Lipinski definition) is 3. The zero-order valence-corrected chi connectivity index (χ0v) is 22.7. The molecule has 3 aromatic rings. The van der Waals surface area contributed by atoms with E-state index in [-0.39, 0.29) is 24.6 Å². The van der Waals surface area contributed by atoms with E-state index < -0.39 is 35.9 Å². The van der Waals surface area contributed by atoms with E-state index in [2.05, 4.69) is 5.32 Å². The average Bonchev–Trinajstić information content (AvgIpc) is 3.67. The number of carbonyl (C=O) groups excluding carboxylic acids is 2. The van der Waals surface area contributed by atoms with E-state index in [4.69, 9.17) is 15.0 Å². The molecule has 2 aliphatic rings. The van der Waals surface area contributed by atoms with E-state index in [0.29, 0.717) is 28.3 Å². The van der Waals surface area contributed by atoms with E-state index in [1.54, 1.807) is 30.3 Å². The van der Waals surface area contributed by atoms with Gasteiger partial charge in [-0.1, -0.05) is 49.4 Å². The van der Waals surface area contributed by atoms with Crippen LogP contribution in [0.3, 0.4) is 0 Å². The number of rotatable bonds is 8. The predicted molar refractivity (Wildman–Crippen MR) is 147 cm³/mol. The zero-order valence-electron chi connectivity index (χ0n) is 22.7.